The van der Waals surface area contributed by atoms with Crippen molar-refractivity contribution in [3.05, 3.63) is 75.7 Å². The smallest absolute Gasteiger partial charge is 0.255 e. The van der Waals surface area contributed by atoms with Crippen molar-refractivity contribution in [1.82, 2.24) is 9.88 Å². The molecule has 156 valence electrons. The summed E-state index contributed by atoms with van der Waals surface area (Å²) in [4.78, 5) is 31.4. The van der Waals surface area contributed by atoms with Gasteiger partial charge in [0.2, 0.25) is 0 Å². The lowest BCUT2D eigenvalue weighted by atomic mass is 10.1. The van der Waals surface area contributed by atoms with Gasteiger partial charge in [-0.1, -0.05) is 12.1 Å². The molecule has 6 nitrogen and oxygen atoms in total. The number of hydrogen-bond acceptors (Lipinski definition) is 5. The first-order valence-electron chi connectivity index (χ1n) is 9.84. The highest BCUT2D eigenvalue weighted by molar-refractivity contribution is 7.09. The zero-order chi connectivity index (χ0) is 21.5. The van der Waals surface area contributed by atoms with Gasteiger partial charge in [0.1, 0.15) is 12.4 Å². The van der Waals surface area contributed by atoms with Crippen molar-refractivity contribution in [2.45, 2.75) is 27.4 Å². The van der Waals surface area contributed by atoms with Gasteiger partial charge >= 0.3 is 0 Å². The van der Waals surface area contributed by atoms with Crippen molar-refractivity contribution >= 4 is 28.8 Å². The van der Waals surface area contributed by atoms with Gasteiger partial charge in [0.25, 0.3) is 11.8 Å². The van der Waals surface area contributed by atoms with Gasteiger partial charge in [0.05, 0.1) is 10.7 Å². The highest BCUT2D eigenvalue weighted by Gasteiger charge is 2.14. The van der Waals surface area contributed by atoms with E-state index in [-0.39, 0.29) is 11.8 Å². The molecule has 2 aromatic carbocycles. The lowest BCUT2D eigenvalue weighted by Gasteiger charge is -2.19. The molecule has 7 heteroatoms. The molecule has 0 saturated carbocycles. The molecule has 0 radical (unpaired) electrons. The molecule has 1 heterocycles. The van der Waals surface area contributed by atoms with Crippen molar-refractivity contribution in [2.24, 2.45) is 0 Å². The van der Waals surface area contributed by atoms with E-state index in [1.54, 1.807) is 64.8 Å². The van der Waals surface area contributed by atoms with E-state index >= 15 is 0 Å². The molecule has 30 heavy (non-hydrogen) atoms. The predicted octanol–water partition coefficient (Wildman–Crippen LogP) is 4.76. The van der Waals surface area contributed by atoms with Crippen LogP contribution >= 0.6 is 11.3 Å². The Morgan fingerprint density at radius 1 is 1.07 bits per heavy atom. The average molecular weight is 424 g/mol. The highest BCUT2D eigenvalue weighted by atomic mass is 32.1. The summed E-state index contributed by atoms with van der Waals surface area (Å²) >= 11 is 1.57. The van der Waals surface area contributed by atoms with E-state index in [0.29, 0.717) is 42.3 Å². The number of aromatic nitrogens is 1. The van der Waals surface area contributed by atoms with E-state index in [0.717, 1.165) is 10.7 Å². The zero-order valence-electron chi connectivity index (χ0n) is 17.3. The van der Waals surface area contributed by atoms with Crippen molar-refractivity contribution in [3.63, 3.8) is 0 Å². The number of nitrogens with zero attached hydrogens (tertiary/aromatic N) is 2. The largest absolute Gasteiger partial charge is 0.487 e. The Morgan fingerprint density at radius 3 is 2.50 bits per heavy atom. The monoisotopic (exact) mass is 423 g/mol. The molecule has 0 bridgehead atoms. The van der Waals surface area contributed by atoms with Gasteiger partial charge in [-0.2, -0.15) is 0 Å². The van der Waals surface area contributed by atoms with Crippen LogP contribution in [0.4, 0.5) is 5.69 Å². The number of carbonyl (C=O) groups excluding carboxylic acids is 2. The summed E-state index contributed by atoms with van der Waals surface area (Å²) in [6.45, 7) is 7.46. The fourth-order valence-electron chi connectivity index (χ4n) is 2.99. The summed E-state index contributed by atoms with van der Waals surface area (Å²) in [6, 6.07) is 14.0. The molecule has 3 rings (SSSR count). The van der Waals surface area contributed by atoms with E-state index in [4.69, 9.17) is 4.74 Å². The van der Waals surface area contributed by atoms with E-state index in [1.807, 2.05) is 26.2 Å². The summed E-state index contributed by atoms with van der Waals surface area (Å²) in [5, 5.41) is 5.80. The summed E-state index contributed by atoms with van der Waals surface area (Å²) in [5.74, 6) is 0.278. The average Bonchev–Trinajstić information content (AvgIpc) is 3.18. The molecule has 1 N–H and O–H groups in total. The fraction of sp³-hybridized carbons (Fsp3) is 0.261. The van der Waals surface area contributed by atoms with Crippen LogP contribution in [0.25, 0.3) is 0 Å². The van der Waals surface area contributed by atoms with E-state index in [9.17, 15) is 9.59 Å². The van der Waals surface area contributed by atoms with E-state index in [2.05, 4.69) is 10.3 Å². The zero-order valence-corrected chi connectivity index (χ0v) is 18.2. The molecule has 0 unspecified atom stereocenters. The number of amides is 2. The van der Waals surface area contributed by atoms with E-state index in [1.165, 1.54) is 0 Å². The first-order chi connectivity index (χ1) is 14.5. The lowest BCUT2D eigenvalue weighted by Crippen LogP contribution is -2.30. The van der Waals surface area contributed by atoms with Crippen LogP contribution in [0.3, 0.4) is 0 Å². The van der Waals surface area contributed by atoms with Gasteiger partial charge in [0, 0.05) is 35.3 Å². The van der Waals surface area contributed by atoms with Crippen molar-refractivity contribution in [1.29, 1.82) is 0 Å². The summed E-state index contributed by atoms with van der Waals surface area (Å²) < 4.78 is 5.76. The number of hydrogen-bond donors (Lipinski definition) is 1. The van der Waals surface area contributed by atoms with Gasteiger partial charge in [-0.15, -0.1) is 11.3 Å². The molecule has 0 aliphatic heterocycles. The molecule has 0 saturated heterocycles. The van der Waals surface area contributed by atoms with Crippen molar-refractivity contribution in [2.75, 3.05) is 18.4 Å². The topological polar surface area (TPSA) is 71.5 Å². The van der Waals surface area contributed by atoms with E-state index < -0.39 is 0 Å². The van der Waals surface area contributed by atoms with Gasteiger partial charge in [-0.05, 0) is 57.2 Å². The third-order valence-corrected chi connectivity index (χ3v) is 5.39. The fourth-order valence-corrected chi connectivity index (χ4v) is 3.58. The second-order valence-corrected chi connectivity index (χ2v) is 7.75. The number of benzene rings is 2. The molecule has 0 spiro atoms. The van der Waals surface area contributed by atoms with Crippen LogP contribution in [0.2, 0.25) is 0 Å². The molecule has 0 atom stereocenters. The SMILES string of the molecule is CCN(CC)C(=O)c1cccc(NC(=O)c2cccc(OCc3csc(C)n3)c2)c1. The minimum Gasteiger partial charge on any atom is -0.487 e. The molecule has 2 amide bonds. The van der Waals surface area contributed by atoms with Gasteiger partial charge in [0.15, 0.2) is 0 Å². The van der Waals surface area contributed by atoms with Crippen LogP contribution in [-0.2, 0) is 6.61 Å². The van der Waals surface area contributed by atoms with Crippen molar-refractivity contribution < 1.29 is 14.3 Å². The van der Waals surface area contributed by atoms with Gasteiger partial charge in [-0.3, -0.25) is 9.59 Å². The number of rotatable bonds is 8. The summed E-state index contributed by atoms with van der Waals surface area (Å²) in [7, 11) is 0. The Balaban J connectivity index is 1.67. The summed E-state index contributed by atoms with van der Waals surface area (Å²) in [5.41, 5.74) is 2.46. The van der Waals surface area contributed by atoms with Crippen LogP contribution in [-0.4, -0.2) is 34.8 Å². The molecular weight excluding hydrogens is 398 g/mol. The quantitative estimate of drug-likeness (QED) is 0.567. The van der Waals surface area contributed by atoms with Crippen LogP contribution in [0.5, 0.6) is 5.75 Å². The molecule has 0 aliphatic carbocycles. The Hall–Kier alpha value is -3.19. The Morgan fingerprint density at radius 2 is 1.80 bits per heavy atom. The van der Waals surface area contributed by atoms with Crippen molar-refractivity contribution in [3.8, 4) is 5.75 Å². The number of anilines is 1. The maximum Gasteiger partial charge on any atom is 0.255 e. The van der Waals surface area contributed by atoms with Crippen LogP contribution < -0.4 is 10.1 Å². The molecule has 1 aromatic heterocycles. The standard InChI is InChI=1S/C23H25N3O3S/c1-4-26(5-2)23(28)18-9-6-10-19(12-18)25-22(27)17-8-7-11-21(13-17)29-14-20-15-30-16(3)24-20/h6-13,15H,4-5,14H2,1-3H3,(H,25,27). The molecular formula is C23H25N3O3S. The summed E-state index contributed by atoms with van der Waals surface area (Å²) in [6.07, 6.45) is 0. The Kier molecular flexibility index (Phi) is 7.19. The first-order valence-corrected chi connectivity index (χ1v) is 10.7. The number of thiazole rings is 1. The lowest BCUT2D eigenvalue weighted by molar-refractivity contribution is 0.0772. The molecule has 3 aromatic rings. The predicted molar refractivity (Wildman–Crippen MR) is 119 cm³/mol. The minimum absolute atomic E-state index is 0.0521. The Bertz CT molecular complexity index is 1030. The number of nitrogens with one attached hydrogen (secondary N) is 1. The minimum atomic E-state index is -0.266. The third-order valence-electron chi connectivity index (χ3n) is 4.57. The maximum atomic E-state index is 12.7. The van der Waals surface area contributed by atoms with Gasteiger partial charge in [-0.25, -0.2) is 4.98 Å². The number of aryl methyl sites for hydroxylation is 1. The molecule has 0 aliphatic rings. The maximum absolute atomic E-state index is 12.7. The second kappa shape index (κ2) is 10.0. The van der Waals surface area contributed by atoms with Crippen LogP contribution in [0.1, 0.15) is 45.3 Å². The Labute approximate surface area is 180 Å². The van der Waals surface area contributed by atoms with Gasteiger partial charge < -0.3 is 15.0 Å². The normalized spacial score (nSPS) is 10.5. The van der Waals surface area contributed by atoms with Crippen LogP contribution in [0.15, 0.2) is 53.9 Å². The third kappa shape index (κ3) is 5.45. The second-order valence-electron chi connectivity index (χ2n) is 6.69. The number of ether oxygens (including phenoxy) is 1. The molecule has 0 fully saturated rings. The number of carbonyl (C=O) groups is 2. The first kappa shape index (κ1) is 21.5. The van der Waals surface area contributed by atoms with Crippen LogP contribution in [0, 0.1) is 6.92 Å². The highest BCUT2D eigenvalue weighted by Crippen LogP contribution is 2.19.